The minimum atomic E-state index is -2.19. The molecule has 3 unspecified atom stereocenters. The van der Waals surface area contributed by atoms with E-state index < -0.39 is 6.85 Å². The minimum absolute atomic E-state index is 0.0501. The number of hydrogen-bond donors (Lipinski definition) is 2. The van der Waals surface area contributed by atoms with Gasteiger partial charge in [-0.3, -0.25) is 0 Å². The van der Waals surface area contributed by atoms with Crippen LogP contribution in [0.2, 0.25) is 0 Å². The third kappa shape index (κ3) is 17.9. The Hall–Kier alpha value is -3.86. The summed E-state index contributed by atoms with van der Waals surface area (Å²) in [7, 11) is 0. The van der Waals surface area contributed by atoms with Gasteiger partial charge in [-0.05, 0) is 170 Å². The fourth-order valence-electron chi connectivity index (χ4n) is 10.5. The second-order valence-electron chi connectivity index (χ2n) is 24.9. The topological polar surface area (TPSA) is 24.1 Å². The molecule has 0 fully saturated rings. The maximum atomic E-state index is 7.98. The van der Waals surface area contributed by atoms with Crippen molar-refractivity contribution in [3.8, 4) is 0 Å². The smallest absolute Gasteiger partial charge is 0.253 e. The van der Waals surface area contributed by atoms with Crippen LogP contribution < -0.4 is 15.4 Å². The molecule has 2 aliphatic carbocycles. The summed E-state index contributed by atoms with van der Waals surface area (Å²) in [6.45, 7) is 42.3. The summed E-state index contributed by atoms with van der Waals surface area (Å²) in [5, 5.41) is 9.64. The van der Waals surface area contributed by atoms with E-state index in [9.17, 15) is 0 Å². The van der Waals surface area contributed by atoms with Crippen molar-refractivity contribution >= 4 is 32.9 Å². The van der Waals surface area contributed by atoms with Crippen LogP contribution in [0.25, 0.3) is 10.1 Å². The summed E-state index contributed by atoms with van der Waals surface area (Å²) >= 11 is 1.96. The fraction of sp³-hybridized carbons (Fsp3) is 0.559. The Balaban J connectivity index is 2.16. The van der Waals surface area contributed by atoms with Crippen molar-refractivity contribution in [2.45, 2.75) is 217 Å². The molecule has 4 heteroatoms. The third-order valence-electron chi connectivity index (χ3n) is 15.9. The van der Waals surface area contributed by atoms with Crippen molar-refractivity contribution in [3.05, 3.63) is 161 Å². The van der Waals surface area contributed by atoms with Crippen LogP contribution in [-0.2, 0) is 10.8 Å². The molecule has 1 heterocycles. The zero-order valence-electron chi connectivity index (χ0n) is 51.5. The van der Waals surface area contributed by atoms with Crippen LogP contribution in [0.4, 0.5) is 0 Å². The van der Waals surface area contributed by atoms with Crippen LogP contribution in [-0.4, -0.2) is 19.3 Å². The number of unbranched alkanes of at least 4 members (excludes halogenated alkanes) is 2. The molecule has 394 valence electrons. The first-order valence-corrected chi connectivity index (χ1v) is 29.0. The van der Waals surface area contributed by atoms with E-state index in [1.807, 2.05) is 23.5 Å². The highest BCUT2D eigenvalue weighted by molar-refractivity contribution is 7.30. The Morgan fingerprint density at radius 1 is 0.847 bits per heavy atom. The highest BCUT2D eigenvalue weighted by Crippen LogP contribution is 2.48. The standard InChI is InChI=1S/C68H103BN2S/c1-19-25-30-51(9)32-28-35-55(23-5)69(64-47-54-46-58-59(48-63(54)72-64)68(17,18)44-43-67(58,15)16)60(49-70-56(24-6)36-29-33-52(10)31-26-20-2)62(45-50(7)8)71-61-38-40-66(13,14)42-41-65(11,12)39-37-57(61)53(22-4)34-27-21-3/h21-24,27-29,33-35,37-38,45-48,51-52,56,70-71H,4,6,19-20,25-26,30-32,36,39-44,49H2,1-3,5,7-18H3/b27-21+,33-29+,35-28-,53-34+,55-23+,57-37-,61-38+,62-60-/i3D3. The average molecular weight is 994 g/mol. The molecule has 0 amide bonds. The summed E-state index contributed by atoms with van der Waals surface area (Å²) in [4.78, 5) is 0. The predicted octanol–water partition coefficient (Wildman–Crippen LogP) is 19.6. The maximum Gasteiger partial charge on any atom is 0.253 e. The molecule has 1 aromatic carbocycles. The molecule has 4 rings (SSSR count). The van der Waals surface area contributed by atoms with Gasteiger partial charge in [-0.1, -0.05) is 211 Å². The van der Waals surface area contributed by atoms with E-state index >= 15 is 0 Å². The van der Waals surface area contributed by atoms with Crippen LogP contribution in [0.15, 0.2) is 149 Å². The van der Waals surface area contributed by atoms with Crippen molar-refractivity contribution in [3.63, 3.8) is 0 Å². The molecular weight excluding hydrogens is 888 g/mol. The second kappa shape index (κ2) is 28.2. The van der Waals surface area contributed by atoms with Gasteiger partial charge in [0, 0.05) is 38.4 Å². The van der Waals surface area contributed by atoms with Crippen LogP contribution in [0.5, 0.6) is 0 Å². The van der Waals surface area contributed by atoms with Crippen molar-refractivity contribution in [2.24, 2.45) is 22.7 Å². The number of rotatable bonds is 25. The molecule has 2 N–H and O–H groups in total. The van der Waals surface area contributed by atoms with Gasteiger partial charge in [0.2, 0.25) is 0 Å². The van der Waals surface area contributed by atoms with E-state index in [-0.39, 0.29) is 34.4 Å². The van der Waals surface area contributed by atoms with E-state index in [4.69, 9.17) is 4.11 Å². The molecule has 2 aliphatic rings. The lowest BCUT2D eigenvalue weighted by Gasteiger charge is -2.41. The highest BCUT2D eigenvalue weighted by atomic mass is 32.1. The SMILES string of the molecule is [2H]C([2H])([2H])/C=C/C=C(C=C)/C1=C/CC(C)(C)CCC(C)(C)C/C=C\1N/C(C=C(C)C)=C(/CNC(C=C)C/C=C/C(C)CCCC)B(C(/C=C\CC(C)CCCC)=C/C)c1cc2cc3c(cc2s1)C(C)(C)CCC3(C)C. The number of allylic oxidation sites excluding steroid dienone is 14. The summed E-state index contributed by atoms with van der Waals surface area (Å²) in [5.41, 5.74) is 11.0. The molecule has 0 saturated carbocycles. The van der Waals surface area contributed by atoms with E-state index in [2.05, 4.69) is 201 Å². The Bertz CT molecular complexity index is 2450. The van der Waals surface area contributed by atoms with Crippen LogP contribution >= 0.6 is 11.3 Å². The lowest BCUT2D eigenvalue weighted by atomic mass is 9.37. The van der Waals surface area contributed by atoms with E-state index in [0.29, 0.717) is 18.4 Å². The molecule has 3 atom stereocenters. The number of benzene rings is 1. The first-order valence-electron chi connectivity index (χ1n) is 29.7. The van der Waals surface area contributed by atoms with Gasteiger partial charge in [0.15, 0.2) is 0 Å². The van der Waals surface area contributed by atoms with Gasteiger partial charge in [-0.15, -0.1) is 17.9 Å². The van der Waals surface area contributed by atoms with Gasteiger partial charge < -0.3 is 10.6 Å². The fourth-order valence-corrected chi connectivity index (χ4v) is 11.8. The summed E-state index contributed by atoms with van der Waals surface area (Å²) in [5.74, 6) is 1.14. The van der Waals surface area contributed by atoms with Crippen LogP contribution in [0.1, 0.15) is 216 Å². The highest BCUT2D eigenvalue weighted by Gasteiger charge is 2.38. The maximum absolute atomic E-state index is 7.98. The van der Waals surface area contributed by atoms with Gasteiger partial charge in [-0.25, -0.2) is 0 Å². The first-order chi connectivity index (χ1) is 35.2. The molecule has 0 aliphatic heterocycles. The molecular formula is C68H103BN2S. The molecule has 0 saturated heterocycles. The van der Waals surface area contributed by atoms with E-state index in [0.717, 1.165) is 61.1 Å². The van der Waals surface area contributed by atoms with Gasteiger partial charge in [0.05, 0.1) is 0 Å². The largest absolute Gasteiger partial charge is 0.356 e. The third-order valence-corrected chi connectivity index (χ3v) is 17.0. The van der Waals surface area contributed by atoms with Gasteiger partial charge >= 0.3 is 0 Å². The first kappa shape index (κ1) is 55.9. The van der Waals surface area contributed by atoms with Crippen molar-refractivity contribution < 1.29 is 4.11 Å². The Labute approximate surface area is 452 Å². The molecule has 2 aromatic rings. The van der Waals surface area contributed by atoms with Crippen LogP contribution in [0, 0.1) is 22.7 Å². The molecule has 1 aromatic heterocycles. The lowest BCUT2D eigenvalue weighted by Crippen LogP contribution is -2.41. The quantitative estimate of drug-likeness (QED) is 0.0588. The molecule has 0 bridgehead atoms. The van der Waals surface area contributed by atoms with Crippen molar-refractivity contribution in [1.29, 1.82) is 0 Å². The van der Waals surface area contributed by atoms with Crippen LogP contribution in [0.3, 0.4) is 0 Å². The minimum Gasteiger partial charge on any atom is -0.356 e. The van der Waals surface area contributed by atoms with Crippen molar-refractivity contribution in [1.82, 2.24) is 10.6 Å². The van der Waals surface area contributed by atoms with E-state index in [1.165, 1.54) is 100.0 Å². The van der Waals surface area contributed by atoms with Gasteiger partial charge in [-0.2, -0.15) is 0 Å². The zero-order chi connectivity index (χ0) is 55.8. The van der Waals surface area contributed by atoms with Gasteiger partial charge in [0.1, 0.15) is 0 Å². The normalized spacial score (nSPS) is 22.1. The molecule has 0 radical (unpaired) electrons. The Morgan fingerprint density at radius 2 is 1.50 bits per heavy atom. The Kier molecular flexibility index (Phi) is 21.9. The molecule has 72 heavy (non-hydrogen) atoms. The summed E-state index contributed by atoms with van der Waals surface area (Å²) in [6, 6.07) is 7.66. The van der Waals surface area contributed by atoms with E-state index in [1.54, 1.807) is 6.08 Å². The average Bonchev–Trinajstić information content (AvgIpc) is 3.76. The van der Waals surface area contributed by atoms with Gasteiger partial charge in [0.25, 0.3) is 6.71 Å². The summed E-state index contributed by atoms with van der Waals surface area (Å²) in [6.07, 6.45) is 43.6. The predicted molar refractivity (Wildman–Crippen MR) is 328 cm³/mol. The van der Waals surface area contributed by atoms with Crippen molar-refractivity contribution in [2.75, 3.05) is 6.54 Å². The lowest BCUT2D eigenvalue weighted by molar-refractivity contribution is 0.241. The second-order valence-corrected chi connectivity index (χ2v) is 26.0. The number of fused-ring (bicyclic) bond motifs is 2. The zero-order valence-corrected chi connectivity index (χ0v) is 49.3. The number of hydrogen-bond acceptors (Lipinski definition) is 3. The number of nitrogens with one attached hydrogen (secondary N) is 2. The number of thiophene rings is 1. The monoisotopic (exact) mass is 994 g/mol. The summed E-state index contributed by atoms with van der Waals surface area (Å²) < 4.78 is 26.6. The molecule has 2 nitrogen and oxygen atoms in total. The Morgan fingerprint density at radius 3 is 2.11 bits per heavy atom. The molecule has 0 spiro atoms.